The second-order valence-corrected chi connectivity index (χ2v) is 8.85. The van der Waals surface area contributed by atoms with Crippen molar-refractivity contribution in [3.63, 3.8) is 0 Å². The van der Waals surface area contributed by atoms with Gasteiger partial charge in [0.25, 0.3) is 10.0 Å². The molecule has 3 rings (SSSR count). The number of ketones is 1. The predicted octanol–water partition coefficient (Wildman–Crippen LogP) is 2.31. The number of rotatable bonds is 4. The van der Waals surface area contributed by atoms with Crippen molar-refractivity contribution in [2.45, 2.75) is 9.79 Å². The van der Waals surface area contributed by atoms with Crippen LogP contribution in [0.3, 0.4) is 0 Å². The Kier molecular flexibility index (Phi) is 4.71. The number of allylic oxidation sites excluding steroid dienone is 4. The number of sulfonamides is 1. The lowest BCUT2D eigenvalue weighted by atomic mass is 10.2. The summed E-state index contributed by atoms with van der Waals surface area (Å²) in [6.45, 7) is 0. The molecule has 0 aromatic heterocycles. The zero-order valence-corrected chi connectivity index (χ0v) is 14.9. The SMILES string of the molecule is O=C1C=CC(=NS(=O)(=O)c2ccccc2)C=C1S(=O)(=O)c1ccccc1. The molecule has 0 fully saturated rings. The van der Waals surface area contributed by atoms with Gasteiger partial charge < -0.3 is 0 Å². The fourth-order valence-electron chi connectivity index (χ4n) is 2.27. The minimum absolute atomic E-state index is 0.0290. The summed E-state index contributed by atoms with van der Waals surface area (Å²) in [5.74, 6) is -0.732. The van der Waals surface area contributed by atoms with Crippen LogP contribution in [0, 0.1) is 0 Å². The van der Waals surface area contributed by atoms with Crippen LogP contribution in [0.15, 0.2) is 98.0 Å². The van der Waals surface area contributed by atoms with Crippen molar-refractivity contribution in [2.24, 2.45) is 4.40 Å². The zero-order valence-electron chi connectivity index (χ0n) is 13.3. The maximum atomic E-state index is 12.7. The molecule has 6 nitrogen and oxygen atoms in total. The van der Waals surface area contributed by atoms with E-state index >= 15 is 0 Å². The Balaban J connectivity index is 2.07. The van der Waals surface area contributed by atoms with Crippen LogP contribution in [0.5, 0.6) is 0 Å². The zero-order chi connectivity index (χ0) is 18.8. The highest BCUT2D eigenvalue weighted by Gasteiger charge is 2.28. The molecule has 0 radical (unpaired) electrons. The molecule has 26 heavy (non-hydrogen) atoms. The van der Waals surface area contributed by atoms with E-state index < -0.39 is 30.5 Å². The van der Waals surface area contributed by atoms with Gasteiger partial charge in [-0.15, -0.1) is 0 Å². The maximum Gasteiger partial charge on any atom is 0.282 e. The molecule has 2 aromatic rings. The lowest BCUT2D eigenvalue weighted by molar-refractivity contribution is -0.110. The van der Waals surface area contributed by atoms with Gasteiger partial charge in [-0.3, -0.25) is 4.79 Å². The molecule has 0 saturated heterocycles. The topological polar surface area (TPSA) is 97.7 Å². The first-order valence-electron chi connectivity index (χ1n) is 7.45. The maximum absolute atomic E-state index is 12.7. The Labute approximate surface area is 151 Å². The van der Waals surface area contributed by atoms with Gasteiger partial charge >= 0.3 is 0 Å². The minimum Gasteiger partial charge on any atom is -0.288 e. The number of benzene rings is 2. The summed E-state index contributed by atoms with van der Waals surface area (Å²) in [6, 6.07) is 15.0. The van der Waals surface area contributed by atoms with Crippen molar-refractivity contribution in [3.8, 4) is 0 Å². The predicted molar refractivity (Wildman–Crippen MR) is 96.9 cm³/mol. The number of carbonyl (C=O) groups is 1. The summed E-state index contributed by atoms with van der Waals surface area (Å²) in [7, 11) is -8.10. The summed E-state index contributed by atoms with van der Waals surface area (Å²) in [6.07, 6.45) is 3.15. The fraction of sp³-hybridized carbons (Fsp3) is 0. The monoisotopic (exact) mass is 387 g/mol. The summed E-state index contributed by atoms with van der Waals surface area (Å²) >= 11 is 0. The smallest absolute Gasteiger partial charge is 0.282 e. The highest BCUT2D eigenvalue weighted by molar-refractivity contribution is 7.96. The molecular formula is C18H13NO5S2. The molecule has 132 valence electrons. The van der Waals surface area contributed by atoms with Crippen molar-refractivity contribution in [1.29, 1.82) is 0 Å². The molecule has 0 atom stereocenters. The van der Waals surface area contributed by atoms with E-state index in [2.05, 4.69) is 4.40 Å². The molecule has 1 aliphatic carbocycles. The Morgan fingerprint density at radius 1 is 0.692 bits per heavy atom. The molecule has 0 spiro atoms. The van der Waals surface area contributed by atoms with Gasteiger partial charge in [-0.05, 0) is 42.5 Å². The van der Waals surface area contributed by atoms with Gasteiger partial charge in [-0.2, -0.15) is 12.8 Å². The van der Waals surface area contributed by atoms with Crippen LogP contribution in [0.25, 0.3) is 0 Å². The van der Waals surface area contributed by atoms with Crippen molar-refractivity contribution < 1.29 is 21.6 Å². The number of hydrogen-bond donors (Lipinski definition) is 0. The van der Waals surface area contributed by atoms with E-state index in [0.717, 1.165) is 12.2 Å². The van der Waals surface area contributed by atoms with E-state index in [-0.39, 0.29) is 15.5 Å². The molecule has 0 heterocycles. The van der Waals surface area contributed by atoms with E-state index in [0.29, 0.717) is 0 Å². The molecule has 0 unspecified atom stereocenters. The molecule has 0 aliphatic heterocycles. The van der Waals surface area contributed by atoms with Gasteiger partial charge in [0.2, 0.25) is 9.84 Å². The van der Waals surface area contributed by atoms with Gasteiger partial charge in [0.1, 0.15) is 4.91 Å². The quantitative estimate of drug-likeness (QED) is 0.750. The highest BCUT2D eigenvalue weighted by atomic mass is 32.2. The fourth-order valence-corrected chi connectivity index (χ4v) is 4.65. The Morgan fingerprint density at radius 2 is 1.23 bits per heavy atom. The minimum atomic E-state index is -4.08. The summed E-state index contributed by atoms with van der Waals surface area (Å²) in [5.41, 5.74) is -0.136. The number of sulfone groups is 1. The van der Waals surface area contributed by atoms with Crippen LogP contribution in [-0.4, -0.2) is 28.3 Å². The van der Waals surface area contributed by atoms with Crippen LogP contribution < -0.4 is 0 Å². The van der Waals surface area contributed by atoms with Gasteiger partial charge in [-0.1, -0.05) is 36.4 Å². The number of hydrogen-bond acceptors (Lipinski definition) is 5. The van der Waals surface area contributed by atoms with E-state index in [4.69, 9.17) is 0 Å². The van der Waals surface area contributed by atoms with Crippen LogP contribution in [0.1, 0.15) is 0 Å². The van der Waals surface area contributed by atoms with E-state index in [1.807, 2.05) is 0 Å². The lowest BCUT2D eigenvalue weighted by Gasteiger charge is -2.10. The third-order valence-electron chi connectivity index (χ3n) is 3.54. The normalized spacial score (nSPS) is 16.5. The van der Waals surface area contributed by atoms with Crippen molar-refractivity contribution in [2.75, 3.05) is 0 Å². The van der Waals surface area contributed by atoms with Crippen LogP contribution >= 0.6 is 0 Å². The number of nitrogens with zero attached hydrogens (tertiary/aromatic N) is 1. The second kappa shape index (κ2) is 6.81. The largest absolute Gasteiger partial charge is 0.288 e. The second-order valence-electron chi connectivity index (χ2n) is 5.33. The van der Waals surface area contributed by atoms with Crippen LogP contribution in [-0.2, 0) is 24.7 Å². The average molecular weight is 387 g/mol. The Bertz CT molecular complexity index is 1140. The standard InChI is InChI=1S/C18H13NO5S2/c20-17-12-11-14(19-26(23,24)16-9-5-2-6-10-16)13-18(17)25(21,22)15-7-3-1-4-8-15/h1-13H. The molecule has 2 aromatic carbocycles. The van der Waals surface area contributed by atoms with Gasteiger partial charge in [0.15, 0.2) is 5.78 Å². The molecule has 0 saturated carbocycles. The summed E-state index contributed by atoms with van der Waals surface area (Å²) in [4.78, 5) is 11.5. The molecule has 0 N–H and O–H groups in total. The molecule has 1 aliphatic rings. The van der Waals surface area contributed by atoms with E-state index in [1.54, 1.807) is 24.3 Å². The number of carbonyl (C=O) groups excluding carboxylic acids is 1. The van der Waals surface area contributed by atoms with Gasteiger partial charge in [-0.25, -0.2) is 8.42 Å². The molecule has 0 bridgehead atoms. The van der Waals surface area contributed by atoms with Crippen molar-refractivity contribution >= 4 is 31.4 Å². The van der Waals surface area contributed by atoms with Crippen LogP contribution in [0.2, 0.25) is 0 Å². The Hall–Kier alpha value is -2.84. The first kappa shape index (κ1) is 18.0. The summed E-state index contributed by atoms with van der Waals surface area (Å²) < 4.78 is 53.6. The highest BCUT2D eigenvalue weighted by Crippen LogP contribution is 2.23. The van der Waals surface area contributed by atoms with E-state index in [9.17, 15) is 21.6 Å². The van der Waals surface area contributed by atoms with Gasteiger partial charge in [0.05, 0.1) is 15.5 Å². The van der Waals surface area contributed by atoms with Crippen LogP contribution in [0.4, 0.5) is 0 Å². The lowest BCUT2D eigenvalue weighted by Crippen LogP contribution is -2.17. The third kappa shape index (κ3) is 3.56. The Morgan fingerprint density at radius 3 is 1.81 bits per heavy atom. The summed E-state index contributed by atoms with van der Waals surface area (Å²) in [5, 5.41) is 0. The molecule has 0 amide bonds. The average Bonchev–Trinajstić information content (AvgIpc) is 2.64. The van der Waals surface area contributed by atoms with Crippen molar-refractivity contribution in [1.82, 2.24) is 0 Å². The molecular weight excluding hydrogens is 374 g/mol. The van der Waals surface area contributed by atoms with E-state index in [1.165, 1.54) is 42.5 Å². The van der Waals surface area contributed by atoms with Crippen molar-refractivity contribution in [3.05, 3.63) is 83.8 Å². The molecule has 8 heteroatoms. The van der Waals surface area contributed by atoms with Gasteiger partial charge in [0, 0.05) is 0 Å². The first-order chi connectivity index (χ1) is 12.3. The first-order valence-corrected chi connectivity index (χ1v) is 10.4. The third-order valence-corrected chi connectivity index (χ3v) is 6.65.